The number of fused-ring (bicyclic) bond motifs is 2. The maximum absolute atomic E-state index is 13.3. The lowest BCUT2D eigenvalue weighted by Gasteiger charge is -2.29. The van der Waals surface area contributed by atoms with Crippen molar-refractivity contribution in [3.05, 3.63) is 53.5 Å². The lowest BCUT2D eigenvalue weighted by Crippen LogP contribution is -2.40. The normalized spacial score (nSPS) is 18.7. The molecule has 0 radical (unpaired) electrons. The summed E-state index contributed by atoms with van der Waals surface area (Å²) < 4.78 is 1.89. The van der Waals surface area contributed by atoms with Gasteiger partial charge in [-0.2, -0.15) is 5.10 Å². The molecule has 0 saturated heterocycles. The highest BCUT2D eigenvalue weighted by atomic mass is 16.2. The van der Waals surface area contributed by atoms with Crippen LogP contribution in [-0.2, 0) is 13.1 Å². The Morgan fingerprint density at radius 3 is 2.55 bits per heavy atom. The molecule has 3 heterocycles. The predicted molar refractivity (Wildman–Crippen MR) is 107 cm³/mol. The van der Waals surface area contributed by atoms with E-state index in [0.29, 0.717) is 43.0 Å². The molecule has 3 aliphatic rings. The van der Waals surface area contributed by atoms with Gasteiger partial charge in [0.2, 0.25) is 0 Å². The fraction of sp³-hybridized carbons (Fsp3) is 0.409. The molecule has 3 aromatic rings. The Morgan fingerprint density at radius 2 is 1.83 bits per heavy atom. The third-order valence-corrected chi connectivity index (χ3v) is 6.26. The highest BCUT2D eigenvalue weighted by Crippen LogP contribution is 2.38. The molecule has 0 atom stereocenters. The SMILES string of the molecule is O=C(c1cc2ccccc2[nH]1)N1CCn2ncc(C(=O)N(C3CC3)C3CC3)c2C1. The zero-order valence-electron chi connectivity index (χ0n) is 16.2. The van der Waals surface area contributed by atoms with Crippen molar-refractivity contribution >= 4 is 22.7 Å². The van der Waals surface area contributed by atoms with E-state index in [4.69, 9.17) is 0 Å². The Hall–Kier alpha value is -3.09. The summed E-state index contributed by atoms with van der Waals surface area (Å²) in [6.45, 7) is 1.62. The smallest absolute Gasteiger partial charge is 0.270 e. The van der Waals surface area contributed by atoms with E-state index in [1.165, 1.54) is 0 Å². The van der Waals surface area contributed by atoms with Crippen molar-refractivity contribution in [3.8, 4) is 0 Å². The summed E-state index contributed by atoms with van der Waals surface area (Å²) in [6, 6.07) is 10.6. The molecule has 0 unspecified atom stereocenters. The number of rotatable bonds is 4. The van der Waals surface area contributed by atoms with Crippen molar-refractivity contribution in [2.75, 3.05) is 6.54 Å². The van der Waals surface area contributed by atoms with Crippen LogP contribution in [0.3, 0.4) is 0 Å². The molecular weight excluding hydrogens is 366 g/mol. The zero-order valence-corrected chi connectivity index (χ0v) is 16.2. The number of para-hydroxylation sites is 1. The number of hydrogen-bond donors (Lipinski definition) is 1. The van der Waals surface area contributed by atoms with Gasteiger partial charge in [0.25, 0.3) is 11.8 Å². The first-order valence-electron chi connectivity index (χ1n) is 10.4. The molecule has 2 saturated carbocycles. The van der Waals surface area contributed by atoms with E-state index in [1.54, 1.807) is 6.20 Å². The average molecular weight is 389 g/mol. The minimum atomic E-state index is -0.0340. The summed E-state index contributed by atoms with van der Waals surface area (Å²) in [7, 11) is 0. The molecule has 2 fully saturated rings. The second kappa shape index (κ2) is 6.20. The van der Waals surface area contributed by atoms with Crippen molar-refractivity contribution in [1.29, 1.82) is 0 Å². The van der Waals surface area contributed by atoms with Crippen LogP contribution in [0.25, 0.3) is 10.9 Å². The Morgan fingerprint density at radius 1 is 1.07 bits per heavy atom. The van der Waals surface area contributed by atoms with Crippen LogP contribution in [0.4, 0.5) is 0 Å². The summed E-state index contributed by atoms with van der Waals surface area (Å²) in [4.78, 5) is 33.5. The van der Waals surface area contributed by atoms with Gasteiger partial charge in [-0.3, -0.25) is 14.3 Å². The number of hydrogen-bond acceptors (Lipinski definition) is 3. The topological polar surface area (TPSA) is 74.2 Å². The Bertz CT molecular complexity index is 1080. The molecule has 2 aliphatic carbocycles. The van der Waals surface area contributed by atoms with E-state index in [1.807, 2.05) is 39.9 Å². The van der Waals surface area contributed by atoms with E-state index >= 15 is 0 Å². The van der Waals surface area contributed by atoms with Gasteiger partial charge in [-0.1, -0.05) is 18.2 Å². The molecular formula is C22H23N5O2. The van der Waals surface area contributed by atoms with Crippen molar-refractivity contribution in [2.24, 2.45) is 0 Å². The minimum absolute atomic E-state index is 0.0340. The number of carbonyl (C=O) groups excluding carboxylic acids is 2. The number of H-pyrrole nitrogens is 1. The number of benzene rings is 1. The molecule has 1 aromatic carbocycles. The molecule has 2 amide bonds. The van der Waals surface area contributed by atoms with E-state index in [0.717, 1.165) is 42.3 Å². The van der Waals surface area contributed by atoms with Crippen LogP contribution in [0.15, 0.2) is 36.5 Å². The number of aromatic amines is 1. The van der Waals surface area contributed by atoms with Gasteiger partial charge in [-0.05, 0) is 37.8 Å². The first kappa shape index (κ1) is 16.8. The van der Waals surface area contributed by atoms with Crippen LogP contribution in [0, 0.1) is 0 Å². The fourth-order valence-electron chi connectivity index (χ4n) is 4.43. The molecule has 6 rings (SSSR count). The molecule has 29 heavy (non-hydrogen) atoms. The van der Waals surface area contributed by atoms with Gasteiger partial charge in [0.15, 0.2) is 0 Å². The van der Waals surface area contributed by atoms with Gasteiger partial charge in [0, 0.05) is 29.5 Å². The van der Waals surface area contributed by atoms with E-state index in [2.05, 4.69) is 15.0 Å². The quantitative estimate of drug-likeness (QED) is 0.746. The van der Waals surface area contributed by atoms with Crippen molar-refractivity contribution in [3.63, 3.8) is 0 Å². The highest BCUT2D eigenvalue weighted by molar-refractivity contribution is 5.99. The molecule has 1 aliphatic heterocycles. The molecule has 0 bridgehead atoms. The molecule has 0 spiro atoms. The van der Waals surface area contributed by atoms with Gasteiger partial charge in [0.1, 0.15) is 5.69 Å². The van der Waals surface area contributed by atoms with Gasteiger partial charge in [-0.15, -0.1) is 0 Å². The van der Waals surface area contributed by atoms with Crippen LogP contribution in [0.2, 0.25) is 0 Å². The maximum Gasteiger partial charge on any atom is 0.270 e. The summed E-state index contributed by atoms with van der Waals surface area (Å²) in [5, 5.41) is 5.47. The molecule has 1 N–H and O–H groups in total. The largest absolute Gasteiger partial charge is 0.351 e. The molecule has 148 valence electrons. The van der Waals surface area contributed by atoms with E-state index in [-0.39, 0.29) is 11.8 Å². The summed E-state index contributed by atoms with van der Waals surface area (Å²) in [5.74, 6) is 0.0597. The van der Waals surface area contributed by atoms with Crippen molar-refractivity contribution in [1.82, 2.24) is 24.6 Å². The Balaban J connectivity index is 1.27. The zero-order chi connectivity index (χ0) is 19.5. The minimum Gasteiger partial charge on any atom is -0.351 e. The predicted octanol–water partition coefficient (Wildman–Crippen LogP) is 2.79. The monoisotopic (exact) mass is 389 g/mol. The lowest BCUT2D eigenvalue weighted by molar-refractivity contribution is 0.0679. The van der Waals surface area contributed by atoms with Crippen molar-refractivity contribution in [2.45, 2.75) is 50.9 Å². The van der Waals surface area contributed by atoms with Crippen LogP contribution >= 0.6 is 0 Å². The maximum atomic E-state index is 13.3. The Labute approximate surface area is 168 Å². The summed E-state index contributed by atoms with van der Waals surface area (Å²) in [6.07, 6.45) is 6.13. The summed E-state index contributed by atoms with van der Waals surface area (Å²) >= 11 is 0. The first-order chi connectivity index (χ1) is 14.2. The van der Waals surface area contributed by atoms with Crippen LogP contribution in [-0.4, -0.2) is 55.0 Å². The lowest BCUT2D eigenvalue weighted by atomic mass is 10.1. The first-order valence-corrected chi connectivity index (χ1v) is 10.4. The highest BCUT2D eigenvalue weighted by Gasteiger charge is 2.43. The van der Waals surface area contributed by atoms with Gasteiger partial charge in [0.05, 0.1) is 30.5 Å². The second-order valence-corrected chi connectivity index (χ2v) is 8.40. The van der Waals surface area contributed by atoms with Crippen LogP contribution < -0.4 is 0 Å². The average Bonchev–Trinajstić information content (AvgIpc) is 3.67. The third-order valence-electron chi connectivity index (χ3n) is 6.26. The number of amides is 2. The van der Waals surface area contributed by atoms with Crippen LogP contribution in [0.5, 0.6) is 0 Å². The van der Waals surface area contributed by atoms with Gasteiger partial charge in [-0.25, -0.2) is 0 Å². The molecule has 2 aromatic heterocycles. The van der Waals surface area contributed by atoms with E-state index < -0.39 is 0 Å². The Kier molecular flexibility index (Phi) is 3.60. The number of nitrogens with one attached hydrogen (secondary N) is 1. The second-order valence-electron chi connectivity index (χ2n) is 8.40. The summed E-state index contributed by atoms with van der Waals surface area (Å²) in [5.41, 5.74) is 3.07. The van der Waals surface area contributed by atoms with Crippen LogP contribution in [0.1, 0.15) is 52.2 Å². The van der Waals surface area contributed by atoms with E-state index in [9.17, 15) is 9.59 Å². The molecule has 7 heteroatoms. The number of nitrogens with zero attached hydrogens (tertiary/aromatic N) is 4. The number of aromatic nitrogens is 3. The van der Waals surface area contributed by atoms with Gasteiger partial charge >= 0.3 is 0 Å². The fourth-order valence-corrected chi connectivity index (χ4v) is 4.43. The van der Waals surface area contributed by atoms with Crippen molar-refractivity contribution < 1.29 is 9.59 Å². The van der Waals surface area contributed by atoms with Gasteiger partial charge < -0.3 is 14.8 Å². The third kappa shape index (κ3) is 2.84. The number of carbonyl (C=O) groups is 2. The molecule has 7 nitrogen and oxygen atoms in total. The standard InChI is InChI=1S/C22H23N5O2/c28-21(27(15-5-6-15)16-7-8-16)17-12-23-26-10-9-25(13-20(17)26)22(29)19-11-14-3-1-2-4-18(14)24-19/h1-4,11-12,15-16,24H,5-10,13H2.